The minimum Gasteiger partial charge on any atom is -0.497 e. The van der Waals surface area contributed by atoms with Crippen molar-refractivity contribution in [1.29, 1.82) is 0 Å². The Morgan fingerprint density at radius 2 is 1.76 bits per heavy atom. The van der Waals surface area contributed by atoms with Crippen molar-refractivity contribution in [3.05, 3.63) is 64.0 Å². The number of amidine groups is 1. The fourth-order valence-electron chi connectivity index (χ4n) is 3.35. The molecule has 2 aliphatic heterocycles. The van der Waals surface area contributed by atoms with Crippen molar-refractivity contribution in [2.75, 3.05) is 25.1 Å². The first-order valence-electron chi connectivity index (χ1n) is 9.62. The van der Waals surface area contributed by atoms with Gasteiger partial charge in [0.15, 0.2) is 5.17 Å². The molecular weight excluding hydrogens is 402 g/mol. The van der Waals surface area contributed by atoms with Crippen LogP contribution in [0.3, 0.4) is 0 Å². The van der Waals surface area contributed by atoms with Crippen LogP contribution in [0.25, 0.3) is 0 Å². The van der Waals surface area contributed by atoms with E-state index in [9.17, 15) is 4.79 Å². The van der Waals surface area contributed by atoms with E-state index in [4.69, 9.17) is 9.73 Å². The summed E-state index contributed by atoms with van der Waals surface area (Å²) in [7, 11) is 1.67. The lowest BCUT2D eigenvalue weighted by Gasteiger charge is -2.19. The van der Waals surface area contributed by atoms with E-state index in [0.29, 0.717) is 13.1 Å². The molecule has 2 aromatic rings. The first kappa shape index (κ1) is 19.9. The van der Waals surface area contributed by atoms with Crippen LogP contribution < -0.4 is 9.64 Å². The molecule has 2 heterocycles. The maximum absolute atomic E-state index is 13.2. The van der Waals surface area contributed by atoms with Gasteiger partial charge in [0, 0.05) is 24.1 Å². The van der Waals surface area contributed by atoms with E-state index in [0.717, 1.165) is 43.5 Å². The van der Waals surface area contributed by atoms with Crippen molar-refractivity contribution in [1.82, 2.24) is 4.90 Å². The average molecular weight is 426 g/mol. The van der Waals surface area contributed by atoms with E-state index in [1.165, 1.54) is 11.8 Å². The summed E-state index contributed by atoms with van der Waals surface area (Å²) in [6.45, 7) is 6.04. The molecule has 0 spiro atoms. The Morgan fingerprint density at radius 1 is 1.00 bits per heavy atom. The van der Waals surface area contributed by atoms with Crippen LogP contribution in [-0.4, -0.2) is 36.2 Å². The van der Waals surface area contributed by atoms with Gasteiger partial charge < -0.3 is 9.64 Å². The fraction of sp³-hybridized carbons (Fsp3) is 0.273. The number of nitrogens with zero attached hydrogens (tertiary/aromatic N) is 3. The van der Waals surface area contributed by atoms with Crippen LogP contribution in [-0.2, 0) is 11.3 Å². The number of amides is 1. The van der Waals surface area contributed by atoms with Crippen molar-refractivity contribution in [3.8, 4) is 5.75 Å². The lowest BCUT2D eigenvalue weighted by atomic mass is 10.2. The first-order chi connectivity index (χ1) is 14.2. The highest BCUT2D eigenvalue weighted by molar-refractivity contribution is 8.19. The van der Waals surface area contributed by atoms with Gasteiger partial charge in [0.1, 0.15) is 15.7 Å². The zero-order valence-corrected chi connectivity index (χ0v) is 18.3. The second kappa shape index (κ2) is 8.55. The molecule has 0 saturated carbocycles. The number of carbonyl (C=O) groups excluding carboxylic acids is 1. The highest BCUT2D eigenvalue weighted by Crippen LogP contribution is 2.51. The SMILES string of the molecule is CCN1C(=O)C(=C2Sc3ccc(OC)cc3N2CC)SC1=NCc1ccccc1. The second-order valence-electron chi connectivity index (χ2n) is 6.55. The maximum atomic E-state index is 13.2. The third-order valence-electron chi connectivity index (χ3n) is 4.84. The highest BCUT2D eigenvalue weighted by Gasteiger charge is 2.38. The highest BCUT2D eigenvalue weighted by atomic mass is 32.2. The molecule has 7 heteroatoms. The molecule has 1 saturated heterocycles. The van der Waals surface area contributed by atoms with Crippen molar-refractivity contribution >= 4 is 40.3 Å². The summed E-state index contributed by atoms with van der Waals surface area (Å²) >= 11 is 3.12. The molecule has 0 radical (unpaired) electrons. The van der Waals surface area contributed by atoms with Gasteiger partial charge in [-0.3, -0.25) is 14.7 Å². The maximum Gasteiger partial charge on any atom is 0.269 e. The van der Waals surface area contributed by atoms with Crippen LogP contribution in [0.2, 0.25) is 0 Å². The van der Waals surface area contributed by atoms with Gasteiger partial charge in [0.2, 0.25) is 0 Å². The summed E-state index contributed by atoms with van der Waals surface area (Å²) < 4.78 is 5.39. The van der Waals surface area contributed by atoms with Crippen LogP contribution in [0.1, 0.15) is 19.4 Å². The predicted octanol–water partition coefficient (Wildman–Crippen LogP) is 4.95. The van der Waals surface area contributed by atoms with Gasteiger partial charge >= 0.3 is 0 Å². The third-order valence-corrected chi connectivity index (χ3v) is 7.26. The van der Waals surface area contributed by atoms with Crippen LogP contribution in [0, 0.1) is 0 Å². The zero-order chi connectivity index (χ0) is 20.4. The number of ether oxygens (including phenoxy) is 1. The Hall–Kier alpha value is -2.38. The van der Waals surface area contributed by atoms with E-state index >= 15 is 0 Å². The summed E-state index contributed by atoms with van der Waals surface area (Å²) in [4.78, 5) is 23.8. The molecule has 2 aromatic carbocycles. The predicted molar refractivity (Wildman–Crippen MR) is 121 cm³/mol. The van der Waals surface area contributed by atoms with Gasteiger partial charge in [0.05, 0.1) is 19.3 Å². The van der Waals surface area contributed by atoms with Crippen LogP contribution >= 0.6 is 23.5 Å². The number of benzene rings is 2. The van der Waals surface area contributed by atoms with Gasteiger partial charge in [-0.05, 0) is 43.3 Å². The molecule has 0 N–H and O–H groups in total. The lowest BCUT2D eigenvalue weighted by Crippen LogP contribution is -2.29. The second-order valence-corrected chi connectivity index (χ2v) is 8.56. The van der Waals surface area contributed by atoms with Crippen LogP contribution in [0.4, 0.5) is 5.69 Å². The van der Waals surface area contributed by atoms with E-state index in [1.54, 1.807) is 23.8 Å². The minimum absolute atomic E-state index is 0.0324. The lowest BCUT2D eigenvalue weighted by molar-refractivity contribution is -0.122. The van der Waals surface area contributed by atoms with Crippen molar-refractivity contribution < 1.29 is 9.53 Å². The summed E-state index contributed by atoms with van der Waals surface area (Å²) in [6, 6.07) is 16.2. The number of methoxy groups -OCH3 is 1. The molecule has 0 atom stereocenters. The van der Waals surface area contributed by atoms with Crippen LogP contribution in [0.5, 0.6) is 5.75 Å². The van der Waals surface area contributed by atoms with Crippen molar-refractivity contribution in [3.63, 3.8) is 0 Å². The fourth-order valence-corrected chi connectivity index (χ4v) is 5.76. The number of carbonyl (C=O) groups is 1. The minimum atomic E-state index is 0.0324. The number of rotatable bonds is 5. The average Bonchev–Trinajstić information content (AvgIpc) is 3.28. The third kappa shape index (κ3) is 3.76. The Kier molecular flexibility index (Phi) is 5.87. The number of fused-ring (bicyclic) bond motifs is 1. The number of hydrogen-bond acceptors (Lipinski definition) is 6. The zero-order valence-electron chi connectivity index (χ0n) is 16.7. The molecule has 1 fully saturated rings. The Balaban J connectivity index is 1.67. The Morgan fingerprint density at radius 3 is 2.45 bits per heavy atom. The quantitative estimate of drug-likeness (QED) is 0.635. The van der Waals surface area contributed by atoms with Crippen LogP contribution in [0.15, 0.2) is 68.4 Å². The molecule has 2 aliphatic rings. The smallest absolute Gasteiger partial charge is 0.269 e. The van der Waals surface area contributed by atoms with Crippen molar-refractivity contribution in [2.45, 2.75) is 25.3 Å². The number of hydrogen-bond donors (Lipinski definition) is 0. The molecule has 0 aliphatic carbocycles. The Bertz CT molecular complexity index is 989. The summed E-state index contributed by atoms with van der Waals surface area (Å²) in [5.41, 5.74) is 2.22. The number of anilines is 1. The molecular formula is C22H23N3O2S2. The van der Waals surface area contributed by atoms with Crippen molar-refractivity contribution in [2.24, 2.45) is 4.99 Å². The standard InChI is InChI=1S/C22H23N3O2S2/c1-4-24-17-13-16(27-3)11-12-18(17)28-21(24)19-20(26)25(5-2)22(29-19)23-14-15-9-7-6-8-10-15/h6-13H,4-5,14H2,1-3H3. The number of thioether (sulfide) groups is 2. The van der Waals surface area contributed by atoms with E-state index in [-0.39, 0.29) is 5.91 Å². The number of aliphatic imine (C=N–C) groups is 1. The molecule has 1 amide bonds. The number of likely N-dealkylation sites (N-methyl/N-ethyl adjacent to an activating group) is 1. The normalized spacial score (nSPS) is 20.0. The van der Waals surface area contributed by atoms with Gasteiger partial charge in [-0.1, -0.05) is 42.1 Å². The van der Waals surface area contributed by atoms with Gasteiger partial charge in [-0.15, -0.1) is 0 Å². The van der Waals surface area contributed by atoms with E-state index in [1.807, 2.05) is 37.3 Å². The molecule has 0 unspecified atom stereocenters. The summed E-state index contributed by atoms with van der Waals surface area (Å²) in [5, 5.41) is 1.75. The molecule has 150 valence electrons. The van der Waals surface area contributed by atoms with E-state index < -0.39 is 0 Å². The largest absolute Gasteiger partial charge is 0.497 e. The topological polar surface area (TPSA) is 45.1 Å². The van der Waals surface area contributed by atoms with Gasteiger partial charge in [-0.25, -0.2) is 0 Å². The molecule has 29 heavy (non-hydrogen) atoms. The van der Waals surface area contributed by atoms with E-state index in [2.05, 4.69) is 30.0 Å². The molecule has 0 aromatic heterocycles. The molecule has 4 rings (SSSR count). The summed E-state index contributed by atoms with van der Waals surface area (Å²) in [6.07, 6.45) is 0. The first-order valence-corrected chi connectivity index (χ1v) is 11.2. The monoisotopic (exact) mass is 425 g/mol. The molecule has 5 nitrogen and oxygen atoms in total. The van der Waals surface area contributed by atoms with Gasteiger partial charge in [-0.2, -0.15) is 0 Å². The molecule has 0 bridgehead atoms. The van der Waals surface area contributed by atoms with Gasteiger partial charge in [0.25, 0.3) is 5.91 Å². The Labute approximate surface area is 179 Å². The summed E-state index contributed by atoms with van der Waals surface area (Å²) in [5.74, 6) is 0.852.